The van der Waals surface area contributed by atoms with Crippen molar-refractivity contribution in [2.45, 2.75) is 51.6 Å². The molecule has 0 bridgehead atoms. The standard InChI is InChI=1S/C14H20N6O/c1-11-8-17-20(12-4-2-3-5-12)14(11)18-13(21)6-7-19-9-15-16-10-19/h8-10,12H,2-7H2,1H3,(H,18,21). The Bertz CT molecular complexity index is 597. The smallest absolute Gasteiger partial charge is 0.227 e. The van der Waals surface area contributed by atoms with Crippen molar-refractivity contribution in [3.8, 4) is 0 Å². The summed E-state index contributed by atoms with van der Waals surface area (Å²) in [5, 5.41) is 14.9. The number of aryl methyl sites for hydroxylation is 2. The summed E-state index contributed by atoms with van der Waals surface area (Å²) < 4.78 is 3.78. The van der Waals surface area contributed by atoms with E-state index in [1.165, 1.54) is 12.8 Å². The van der Waals surface area contributed by atoms with E-state index < -0.39 is 0 Å². The maximum atomic E-state index is 12.1. The van der Waals surface area contributed by atoms with Gasteiger partial charge in [-0.25, -0.2) is 4.68 Å². The van der Waals surface area contributed by atoms with Gasteiger partial charge in [0.05, 0.1) is 12.2 Å². The van der Waals surface area contributed by atoms with Gasteiger partial charge in [-0.1, -0.05) is 12.8 Å². The number of carbonyl (C=O) groups is 1. The molecule has 1 aliphatic carbocycles. The Kier molecular flexibility index (Phi) is 3.98. The minimum atomic E-state index is -0.00783. The second kappa shape index (κ2) is 6.07. The van der Waals surface area contributed by atoms with Crippen LogP contribution in [-0.2, 0) is 11.3 Å². The number of amides is 1. The lowest BCUT2D eigenvalue weighted by Crippen LogP contribution is -2.19. The van der Waals surface area contributed by atoms with Crippen LogP contribution < -0.4 is 5.32 Å². The largest absolute Gasteiger partial charge is 0.320 e. The molecule has 2 heterocycles. The predicted octanol–water partition coefficient (Wildman–Crippen LogP) is 1.93. The summed E-state index contributed by atoms with van der Waals surface area (Å²) in [6.07, 6.45) is 10.2. The number of hydrogen-bond donors (Lipinski definition) is 1. The van der Waals surface area contributed by atoms with E-state index in [9.17, 15) is 4.79 Å². The topological polar surface area (TPSA) is 77.6 Å². The van der Waals surface area contributed by atoms with Gasteiger partial charge >= 0.3 is 0 Å². The van der Waals surface area contributed by atoms with Gasteiger partial charge in [-0.3, -0.25) is 4.79 Å². The van der Waals surface area contributed by atoms with Crippen LogP contribution in [0.4, 0.5) is 5.82 Å². The minimum absolute atomic E-state index is 0.00783. The normalized spacial score (nSPS) is 15.5. The molecule has 1 saturated carbocycles. The molecule has 7 nitrogen and oxygen atoms in total. The van der Waals surface area contributed by atoms with E-state index in [1.54, 1.807) is 17.2 Å². The molecule has 1 N–H and O–H groups in total. The van der Waals surface area contributed by atoms with E-state index in [2.05, 4.69) is 20.6 Å². The first-order valence-electron chi connectivity index (χ1n) is 7.40. The summed E-state index contributed by atoms with van der Waals surface area (Å²) in [6.45, 7) is 2.56. The molecule has 21 heavy (non-hydrogen) atoms. The Hall–Kier alpha value is -2.18. The highest BCUT2D eigenvalue weighted by molar-refractivity contribution is 5.90. The summed E-state index contributed by atoms with van der Waals surface area (Å²) in [5.74, 6) is 0.835. The van der Waals surface area contributed by atoms with Gasteiger partial charge in [-0.2, -0.15) is 5.10 Å². The lowest BCUT2D eigenvalue weighted by molar-refractivity contribution is -0.116. The van der Waals surface area contributed by atoms with Crippen molar-refractivity contribution in [3.05, 3.63) is 24.4 Å². The molecule has 0 aromatic carbocycles. The van der Waals surface area contributed by atoms with Crippen molar-refractivity contribution in [3.63, 3.8) is 0 Å². The molecular formula is C14H20N6O. The van der Waals surface area contributed by atoms with Crippen LogP contribution in [0.3, 0.4) is 0 Å². The van der Waals surface area contributed by atoms with Crippen molar-refractivity contribution < 1.29 is 4.79 Å². The van der Waals surface area contributed by atoms with Crippen LogP contribution in [0.15, 0.2) is 18.9 Å². The lowest BCUT2D eigenvalue weighted by atomic mass is 10.2. The molecule has 2 aromatic heterocycles. The van der Waals surface area contributed by atoms with Crippen molar-refractivity contribution in [1.29, 1.82) is 0 Å². The van der Waals surface area contributed by atoms with E-state index >= 15 is 0 Å². The molecule has 1 amide bonds. The zero-order chi connectivity index (χ0) is 14.7. The molecular weight excluding hydrogens is 268 g/mol. The highest BCUT2D eigenvalue weighted by Gasteiger charge is 2.22. The SMILES string of the molecule is Cc1cnn(C2CCCC2)c1NC(=O)CCn1cnnc1. The Labute approximate surface area is 123 Å². The van der Waals surface area contributed by atoms with Gasteiger partial charge in [-0.05, 0) is 19.8 Å². The third-order valence-corrected chi connectivity index (χ3v) is 3.97. The number of anilines is 1. The summed E-state index contributed by atoms with van der Waals surface area (Å²) in [4.78, 5) is 12.1. The van der Waals surface area contributed by atoms with Crippen LogP contribution in [0, 0.1) is 6.92 Å². The van der Waals surface area contributed by atoms with Crippen LogP contribution in [0.2, 0.25) is 0 Å². The van der Waals surface area contributed by atoms with E-state index in [1.807, 2.05) is 17.8 Å². The quantitative estimate of drug-likeness (QED) is 0.912. The fourth-order valence-electron chi connectivity index (χ4n) is 2.79. The van der Waals surface area contributed by atoms with Crippen LogP contribution >= 0.6 is 0 Å². The summed E-state index contributed by atoms with van der Waals surface area (Å²) in [5.41, 5.74) is 1.01. The minimum Gasteiger partial charge on any atom is -0.320 e. The van der Waals surface area contributed by atoms with Gasteiger partial charge in [0.1, 0.15) is 18.5 Å². The fraction of sp³-hybridized carbons (Fsp3) is 0.571. The maximum Gasteiger partial charge on any atom is 0.227 e. The molecule has 0 unspecified atom stereocenters. The Morgan fingerprint density at radius 2 is 2.05 bits per heavy atom. The third kappa shape index (κ3) is 3.12. The highest BCUT2D eigenvalue weighted by Crippen LogP contribution is 2.32. The third-order valence-electron chi connectivity index (χ3n) is 3.97. The number of aromatic nitrogens is 5. The first-order valence-corrected chi connectivity index (χ1v) is 7.40. The number of nitrogens with zero attached hydrogens (tertiary/aromatic N) is 5. The lowest BCUT2D eigenvalue weighted by Gasteiger charge is -2.15. The second-order valence-corrected chi connectivity index (χ2v) is 5.56. The Morgan fingerprint density at radius 1 is 1.33 bits per heavy atom. The van der Waals surface area contributed by atoms with Gasteiger partial charge in [0, 0.05) is 18.5 Å². The number of carbonyl (C=O) groups excluding carboxylic acids is 1. The van der Waals surface area contributed by atoms with Crippen molar-refractivity contribution in [2.75, 3.05) is 5.32 Å². The first kappa shape index (κ1) is 13.8. The van der Waals surface area contributed by atoms with Gasteiger partial charge in [-0.15, -0.1) is 10.2 Å². The molecule has 0 saturated heterocycles. The first-order chi connectivity index (χ1) is 10.2. The molecule has 3 rings (SSSR count). The zero-order valence-electron chi connectivity index (χ0n) is 12.2. The number of nitrogens with one attached hydrogen (secondary N) is 1. The summed E-state index contributed by atoms with van der Waals surface area (Å²) >= 11 is 0. The van der Waals surface area contributed by atoms with E-state index in [0.29, 0.717) is 19.0 Å². The molecule has 0 radical (unpaired) electrons. The molecule has 2 aromatic rings. The fourth-order valence-corrected chi connectivity index (χ4v) is 2.79. The van der Waals surface area contributed by atoms with E-state index in [0.717, 1.165) is 24.2 Å². The molecule has 0 aliphatic heterocycles. The molecule has 7 heteroatoms. The molecule has 0 atom stereocenters. The van der Waals surface area contributed by atoms with Crippen molar-refractivity contribution in [1.82, 2.24) is 24.5 Å². The van der Waals surface area contributed by atoms with Gasteiger partial charge in [0.15, 0.2) is 0 Å². The summed E-state index contributed by atoms with van der Waals surface area (Å²) in [7, 11) is 0. The van der Waals surface area contributed by atoms with Crippen LogP contribution in [0.1, 0.15) is 43.7 Å². The Morgan fingerprint density at radius 3 is 2.76 bits per heavy atom. The average Bonchev–Trinajstić information content (AvgIpc) is 3.19. The highest BCUT2D eigenvalue weighted by atomic mass is 16.1. The van der Waals surface area contributed by atoms with Crippen LogP contribution in [0.25, 0.3) is 0 Å². The number of hydrogen-bond acceptors (Lipinski definition) is 4. The molecule has 1 fully saturated rings. The number of rotatable bonds is 5. The summed E-state index contributed by atoms with van der Waals surface area (Å²) in [6, 6.07) is 0.423. The molecule has 0 spiro atoms. The molecule has 1 aliphatic rings. The van der Waals surface area contributed by atoms with Gasteiger partial charge in [0.25, 0.3) is 0 Å². The maximum absolute atomic E-state index is 12.1. The van der Waals surface area contributed by atoms with Gasteiger partial charge < -0.3 is 9.88 Å². The predicted molar refractivity (Wildman–Crippen MR) is 77.7 cm³/mol. The van der Waals surface area contributed by atoms with Gasteiger partial charge in [0.2, 0.25) is 5.91 Å². The van der Waals surface area contributed by atoms with Crippen LogP contribution in [-0.4, -0.2) is 30.5 Å². The van der Waals surface area contributed by atoms with E-state index in [4.69, 9.17) is 0 Å². The van der Waals surface area contributed by atoms with Crippen LogP contribution in [0.5, 0.6) is 0 Å². The molecule has 112 valence electrons. The zero-order valence-corrected chi connectivity index (χ0v) is 12.2. The van der Waals surface area contributed by atoms with E-state index in [-0.39, 0.29) is 5.91 Å². The monoisotopic (exact) mass is 288 g/mol. The van der Waals surface area contributed by atoms with Crippen molar-refractivity contribution in [2.24, 2.45) is 0 Å². The Balaban J connectivity index is 1.63. The second-order valence-electron chi connectivity index (χ2n) is 5.56. The average molecular weight is 288 g/mol. The van der Waals surface area contributed by atoms with Crippen molar-refractivity contribution >= 4 is 11.7 Å².